The molecule has 2 rings (SSSR count). The van der Waals surface area contributed by atoms with Gasteiger partial charge in [0.2, 0.25) is 5.91 Å². The third-order valence-electron chi connectivity index (χ3n) is 4.62. The van der Waals surface area contributed by atoms with Crippen molar-refractivity contribution < 1.29 is 14.7 Å². The van der Waals surface area contributed by atoms with Gasteiger partial charge in [0, 0.05) is 6.04 Å². The van der Waals surface area contributed by atoms with Crippen LogP contribution in [0.25, 0.3) is 0 Å². The first-order valence-corrected chi connectivity index (χ1v) is 7.71. The summed E-state index contributed by atoms with van der Waals surface area (Å²) in [6.07, 6.45) is 10.3. The SMILES string of the molecule is O=C(O)[C@@H]1CCCC[C@H]1C(=O)NC1CCCCCC1. The first-order chi connectivity index (χ1) is 9.18. The Kier molecular flexibility index (Phi) is 5.23. The fourth-order valence-corrected chi connectivity index (χ4v) is 3.47. The molecule has 0 radical (unpaired) electrons. The van der Waals surface area contributed by atoms with Crippen molar-refractivity contribution in [3.05, 3.63) is 0 Å². The Bertz CT molecular complexity index is 321. The molecule has 4 nitrogen and oxygen atoms in total. The average Bonchev–Trinajstić information content (AvgIpc) is 2.67. The van der Waals surface area contributed by atoms with Gasteiger partial charge < -0.3 is 10.4 Å². The molecule has 0 aliphatic heterocycles. The van der Waals surface area contributed by atoms with E-state index in [9.17, 15) is 14.7 Å². The predicted octanol–water partition coefficient (Wildman–Crippen LogP) is 2.72. The highest BCUT2D eigenvalue weighted by Gasteiger charge is 2.36. The maximum Gasteiger partial charge on any atom is 0.307 e. The van der Waals surface area contributed by atoms with E-state index in [0.29, 0.717) is 6.42 Å². The van der Waals surface area contributed by atoms with Crippen LogP contribution in [0.1, 0.15) is 64.2 Å². The maximum atomic E-state index is 12.3. The van der Waals surface area contributed by atoms with Gasteiger partial charge in [0.05, 0.1) is 11.8 Å². The summed E-state index contributed by atoms with van der Waals surface area (Å²) in [4.78, 5) is 23.6. The summed E-state index contributed by atoms with van der Waals surface area (Å²) in [6, 6.07) is 0.270. The zero-order chi connectivity index (χ0) is 13.7. The van der Waals surface area contributed by atoms with E-state index in [0.717, 1.165) is 32.1 Å². The van der Waals surface area contributed by atoms with Crippen LogP contribution in [0.15, 0.2) is 0 Å². The quantitative estimate of drug-likeness (QED) is 0.773. The fraction of sp³-hybridized carbons (Fsp3) is 0.867. The fourth-order valence-electron chi connectivity index (χ4n) is 3.47. The summed E-state index contributed by atoms with van der Waals surface area (Å²) >= 11 is 0. The molecule has 2 N–H and O–H groups in total. The number of hydrogen-bond donors (Lipinski definition) is 2. The van der Waals surface area contributed by atoms with Crippen LogP contribution < -0.4 is 5.32 Å². The first kappa shape index (κ1) is 14.4. The average molecular weight is 267 g/mol. The smallest absolute Gasteiger partial charge is 0.307 e. The largest absolute Gasteiger partial charge is 0.481 e. The van der Waals surface area contributed by atoms with E-state index in [1.165, 1.54) is 25.7 Å². The van der Waals surface area contributed by atoms with E-state index in [-0.39, 0.29) is 17.9 Å². The van der Waals surface area contributed by atoms with Gasteiger partial charge in [0.15, 0.2) is 0 Å². The van der Waals surface area contributed by atoms with Gasteiger partial charge in [-0.25, -0.2) is 0 Å². The van der Waals surface area contributed by atoms with Gasteiger partial charge in [0.25, 0.3) is 0 Å². The summed E-state index contributed by atoms with van der Waals surface area (Å²) in [6.45, 7) is 0. The predicted molar refractivity (Wildman–Crippen MR) is 72.7 cm³/mol. The molecule has 0 spiro atoms. The second kappa shape index (κ2) is 6.92. The number of carbonyl (C=O) groups excluding carboxylic acids is 1. The van der Waals surface area contributed by atoms with Crippen LogP contribution in [0, 0.1) is 11.8 Å². The second-order valence-electron chi connectivity index (χ2n) is 6.03. The van der Waals surface area contributed by atoms with Crippen molar-refractivity contribution in [2.45, 2.75) is 70.3 Å². The Morgan fingerprint density at radius 2 is 1.32 bits per heavy atom. The topological polar surface area (TPSA) is 66.4 Å². The third kappa shape index (κ3) is 3.95. The van der Waals surface area contributed by atoms with E-state index >= 15 is 0 Å². The summed E-state index contributed by atoms with van der Waals surface area (Å²) < 4.78 is 0. The minimum Gasteiger partial charge on any atom is -0.481 e. The van der Waals surface area contributed by atoms with Crippen molar-refractivity contribution in [2.24, 2.45) is 11.8 Å². The van der Waals surface area contributed by atoms with E-state index < -0.39 is 11.9 Å². The van der Waals surface area contributed by atoms with E-state index in [1.54, 1.807) is 0 Å². The van der Waals surface area contributed by atoms with Crippen LogP contribution >= 0.6 is 0 Å². The minimum atomic E-state index is -0.805. The van der Waals surface area contributed by atoms with Crippen LogP contribution in [-0.4, -0.2) is 23.0 Å². The van der Waals surface area contributed by atoms with Gasteiger partial charge in [-0.15, -0.1) is 0 Å². The maximum absolute atomic E-state index is 12.3. The molecular formula is C15H25NO3. The van der Waals surface area contributed by atoms with Crippen LogP contribution in [0.2, 0.25) is 0 Å². The lowest BCUT2D eigenvalue weighted by atomic mass is 9.78. The van der Waals surface area contributed by atoms with Crippen LogP contribution in [-0.2, 0) is 9.59 Å². The standard InChI is InChI=1S/C15H25NO3/c17-14(16-11-7-3-1-2-4-8-11)12-9-5-6-10-13(12)15(18)19/h11-13H,1-10H2,(H,16,17)(H,18,19)/t12-,13-/m1/s1. The molecule has 108 valence electrons. The van der Waals surface area contributed by atoms with Crippen molar-refractivity contribution in [2.75, 3.05) is 0 Å². The van der Waals surface area contributed by atoms with Gasteiger partial charge >= 0.3 is 5.97 Å². The van der Waals surface area contributed by atoms with E-state index in [4.69, 9.17) is 0 Å². The van der Waals surface area contributed by atoms with Gasteiger partial charge in [0.1, 0.15) is 0 Å². The Morgan fingerprint density at radius 3 is 1.89 bits per heavy atom. The Labute approximate surface area is 115 Å². The van der Waals surface area contributed by atoms with Gasteiger partial charge in [-0.1, -0.05) is 38.5 Å². The van der Waals surface area contributed by atoms with Gasteiger partial charge in [-0.2, -0.15) is 0 Å². The Hall–Kier alpha value is -1.06. The third-order valence-corrected chi connectivity index (χ3v) is 4.62. The first-order valence-electron chi connectivity index (χ1n) is 7.71. The van der Waals surface area contributed by atoms with Crippen molar-refractivity contribution in [1.29, 1.82) is 0 Å². The van der Waals surface area contributed by atoms with Crippen LogP contribution in [0.4, 0.5) is 0 Å². The number of carboxylic acids is 1. The Morgan fingerprint density at radius 1 is 0.789 bits per heavy atom. The molecule has 4 heteroatoms. The summed E-state index contributed by atoms with van der Waals surface area (Å²) in [7, 11) is 0. The molecule has 0 aromatic carbocycles. The van der Waals surface area contributed by atoms with Gasteiger partial charge in [-0.3, -0.25) is 9.59 Å². The molecule has 0 saturated heterocycles. The molecule has 0 bridgehead atoms. The number of aliphatic carboxylic acids is 1. The number of carboxylic acid groups (broad SMARTS) is 1. The van der Waals surface area contributed by atoms with Gasteiger partial charge in [-0.05, 0) is 25.7 Å². The molecule has 2 aliphatic carbocycles. The number of amides is 1. The molecule has 2 saturated carbocycles. The highest BCUT2D eigenvalue weighted by Crippen LogP contribution is 2.31. The van der Waals surface area contributed by atoms with Crippen molar-refractivity contribution in [3.63, 3.8) is 0 Å². The van der Waals surface area contributed by atoms with E-state index in [1.807, 2.05) is 0 Å². The summed E-state index contributed by atoms with van der Waals surface area (Å²) in [5, 5.41) is 12.3. The zero-order valence-electron chi connectivity index (χ0n) is 11.6. The normalized spacial score (nSPS) is 29.5. The molecule has 2 fully saturated rings. The zero-order valence-corrected chi connectivity index (χ0v) is 11.6. The molecule has 2 atom stereocenters. The van der Waals surface area contributed by atoms with E-state index in [2.05, 4.69) is 5.32 Å². The lowest BCUT2D eigenvalue weighted by Gasteiger charge is -2.29. The monoisotopic (exact) mass is 267 g/mol. The van der Waals surface area contributed by atoms with Crippen molar-refractivity contribution in [1.82, 2.24) is 5.32 Å². The molecule has 0 aromatic heterocycles. The lowest BCUT2D eigenvalue weighted by Crippen LogP contribution is -2.43. The van der Waals surface area contributed by atoms with Crippen LogP contribution in [0.5, 0.6) is 0 Å². The number of hydrogen-bond acceptors (Lipinski definition) is 2. The Balaban J connectivity index is 1.91. The molecule has 0 unspecified atom stereocenters. The molecule has 19 heavy (non-hydrogen) atoms. The second-order valence-corrected chi connectivity index (χ2v) is 6.03. The molecule has 0 heterocycles. The number of carbonyl (C=O) groups is 2. The number of nitrogens with one attached hydrogen (secondary N) is 1. The van der Waals surface area contributed by atoms with Crippen molar-refractivity contribution >= 4 is 11.9 Å². The summed E-state index contributed by atoms with van der Waals surface area (Å²) in [5.41, 5.74) is 0. The highest BCUT2D eigenvalue weighted by molar-refractivity contribution is 5.85. The number of rotatable bonds is 3. The summed E-state index contributed by atoms with van der Waals surface area (Å²) in [5.74, 6) is -1.60. The molecule has 0 aromatic rings. The molecular weight excluding hydrogens is 242 g/mol. The molecule has 1 amide bonds. The van der Waals surface area contributed by atoms with Crippen LogP contribution in [0.3, 0.4) is 0 Å². The molecule has 2 aliphatic rings. The van der Waals surface area contributed by atoms with Crippen molar-refractivity contribution in [3.8, 4) is 0 Å². The highest BCUT2D eigenvalue weighted by atomic mass is 16.4. The minimum absolute atomic E-state index is 0.0148. The lowest BCUT2D eigenvalue weighted by molar-refractivity contribution is -0.149.